The minimum Gasteiger partial charge on any atom is -0.475 e. The van der Waals surface area contributed by atoms with Gasteiger partial charge in [-0.2, -0.15) is 0 Å². The summed E-state index contributed by atoms with van der Waals surface area (Å²) in [6, 6.07) is 2.82. The lowest BCUT2D eigenvalue weighted by Crippen LogP contribution is -2.15. The van der Waals surface area contributed by atoms with Crippen LogP contribution in [0.5, 0.6) is 0 Å². The standard InChI is InChI=1S/C14H18O4/c15-13(10-6-4-2-1-3-5-7-10)11-8-9-12(18-11)14(16)17/h8-10H,1-7H2,(H,16,17). The molecule has 0 aliphatic heterocycles. The van der Waals surface area contributed by atoms with Crippen LogP contribution in [0.1, 0.15) is 66.1 Å². The van der Waals surface area contributed by atoms with Crippen molar-refractivity contribution in [3.63, 3.8) is 0 Å². The number of hydrogen-bond donors (Lipinski definition) is 1. The maximum absolute atomic E-state index is 12.2. The Morgan fingerprint density at radius 1 is 1.00 bits per heavy atom. The summed E-state index contributed by atoms with van der Waals surface area (Å²) < 4.78 is 5.08. The van der Waals surface area contributed by atoms with Crippen LogP contribution >= 0.6 is 0 Å². The van der Waals surface area contributed by atoms with Crippen molar-refractivity contribution in [2.45, 2.75) is 44.9 Å². The average Bonchev–Trinajstić information content (AvgIpc) is 2.77. The molecule has 0 spiro atoms. The molecule has 0 unspecified atom stereocenters. The number of carbonyl (C=O) groups is 2. The van der Waals surface area contributed by atoms with Crippen LogP contribution in [0, 0.1) is 5.92 Å². The zero-order valence-corrected chi connectivity index (χ0v) is 10.4. The number of hydrogen-bond acceptors (Lipinski definition) is 3. The average molecular weight is 250 g/mol. The van der Waals surface area contributed by atoms with Gasteiger partial charge in [0.1, 0.15) is 0 Å². The first kappa shape index (κ1) is 12.9. The fourth-order valence-corrected chi connectivity index (χ4v) is 2.50. The molecule has 0 radical (unpaired) electrons. The molecule has 1 fully saturated rings. The van der Waals surface area contributed by atoms with E-state index in [4.69, 9.17) is 9.52 Å². The molecule has 4 nitrogen and oxygen atoms in total. The fourth-order valence-electron chi connectivity index (χ4n) is 2.50. The Kier molecular flexibility index (Phi) is 4.18. The zero-order chi connectivity index (χ0) is 13.0. The van der Waals surface area contributed by atoms with Crippen molar-refractivity contribution in [2.24, 2.45) is 5.92 Å². The normalized spacial score (nSPS) is 18.0. The van der Waals surface area contributed by atoms with Crippen LogP contribution in [0.2, 0.25) is 0 Å². The van der Waals surface area contributed by atoms with Gasteiger partial charge in [-0.15, -0.1) is 0 Å². The Bertz CT molecular complexity index is 425. The van der Waals surface area contributed by atoms with Gasteiger partial charge in [0, 0.05) is 5.92 Å². The molecule has 0 aromatic carbocycles. The Balaban J connectivity index is 2.05. The van der Waals surface area contributed by atoms with Gasteiger partial charge < -0.3 is 9.52 Å². The Labute approximate surface area is 106 Å². The van der Waals surface area contributed by atoms with E-state index in [2.05, 4.69) is 0 Å². The number of aromatic carboxylic acids is 1. The van der Waals surface area contributed by atoms with E-state index in [1.807, 2.05) is 0 Å². The van der Waals surface area contributed by atoms with Crippen LogP contribution in [0.4, 0.5) is 0 Å². The summed E-state index contributed by atoms with van der Waals surface area (Å²) in [5, 5.41) is 8.77. The van der Waals surface area contributed by atoms with E-state index in [0.29, 0.717) is 0 Å². The third-order valence-corrected chi connectivity index (χ3v) is 3.54. The summed E-state index contributed by atoms with van der Waals surface area (Å²) in [6.45, 7) is 0. The number of carbonyl (C=O) groups excluding carboxylic acids is 1. The molecule has 1 heterocycles. The molecular weight excluding hydrogens is 232 g/mol. The molecule has 4 heteroatoms. The lowest BCUT2D eigenvalue weighted by Gasteiger charge is -2.17. The maximum atomic E-state index is 12.2. The van der Waals surface area contributed by atoms with Crippen LogP contribution < -0.4 is 0 Å². The predicted octanol–water partition coefficient (Wildman–Crippen LogP) is 3.52. The van der Waals surface area contributed by atoms with E-state index < -0.39 is 5.97 Å². The number of furan rings is 1. The van der Waals surface area contributed by atoms with Crippen molar-refractivity contribution in [2.75, 3.05) is 0 Å². The van der Waals surface area contributed by atoms with Gasteiger partial charge in [0.05, 0.1) is 0 Å². The summed E-state index contributed by atoms with van der Waals surface area (Å²) in [7, 11) is 0. The SMILES string of the molecule is O=C(O)c1ccc(C(=O)C2CCCCCCC2)o1. The molecule has 2 rings (SSSR count). The summed E-state index contributed by atoms with van der Waals surface area (Å²) in [4.78, 5) is 22.9. The molecule has 1 aromatic heterocycles. The van der Waals surface area contributed by atoms with Crippen molar-refractivity contribution in [3.8, 4) is 0 Å². The van der Waals surface area contributed by atoms with E-state index >= 15 is 0 Å². The second kappa shape index (κ2) is 5.85. The monoisotopic (exact) mass is 250 g/mol. The van der Waals surface area contributed by atoms with Gasteiger partial charge >= 0.3 is 5.97 Å². The van der Waals surface area contributed by atoms with Crippen LogP contribution in [0.15, 0.2) is 16.5 Å². The van der Waals surface area contributed by atoms with E-state index in [1.165, 1.54) is 31.4 Å². The quantitative estimate of drug-likeness (QED) is 0.833. The largest absolute Gasteiger partial charge is 0.475 e. The first-order valence-electron chi connectivity index (χ1n) is 6.56. The summed E-state index contributed by atoms with van der Waals surface area (Å²) in [5.41, 5.74) is 0. The topological polar surface area (TPSA) is 67.5 Å². The van der Waals surface area contributed by atoms with Gasteiger partial charge in [-0.3, -0.25) is 4.79 Å². The third kappa shape index (κ3) is 3.00. The van der Waals surface area contributed by atoms with Gasteiger partial charge in [0.25, 0.3) is 0 Å². The lowest BCUT2D eigenvalue weighted by atomic mass is 9.87. The molecule has 1 aliphatic rings. The predicted molar refractivity (Wildman–Crippen MR) is 65.8 cm³/mol. The molecule has 98 valence electrons. The summed E-state index contributed by atoms with van der Waals surface area (Å²) in [5.74, 6) is -1.14. The molecule has 1 aromatic rings. The Morgan fingerprint density at radius 2 is 1.56 bits per heavy atom. The van der Waals surface area contributed by atoms with Crippen LogP contribution in [0.25, 0.3) is 0 Å². The molecule has 1 saturated carbocycles. The number of Topliss-reactive ketones (excluding diaryl/α,β-unsaturated/α-hetero) is 1. The molecule has 1 N–H and O–H groups in total. The highest BCUT2D eigenvalue weighted by Gasteiger charge is 2.24. The van der Waals surface area contributed by atoms with Gasteiger partial charge in [-0.25, -0.2) is 4.79 Å². The maximum Gasteiger partial charge on any atom is 0.371 e. The Morgan fingerprint density at radius 3 is 2.11 bits per heavy atom. The zero-order valence-electron chi connectivity index (χ0n) is 10.4. The Hall–Kier alpha value is -1.58. The van der Waals surface area contributed by atoms with E-state index in [0.717, 1.165) is 25.7 Å². The fraction of sp³-hybridized carbons (Fsp3) is 0.571. The molecular formula is C14H18O4. The van der Waals surface area contributed by atoms with E-state index in [1.54, 1.807) is 0 Å². The highest BCUT2D eigenvalue weighted by Crippen LogP contribution is 2.26. The molecule has 0 bridgehead atoms. The number of rotatable bonds is 3. The second-order valence-corrected chi connectivity index (χ2v) is 4.88. The number of carboxylic acids is 1. The third-order valence-electron chi connectivity index (χ3n) is 3.54. The minimum absolute atomic E-state index is 0.00176. The van der Waals surface area contributed by atoms with Crippen LogP contribution in [0.3, 0.4) is 0 Å². The van der Waals surface area contributed by atoms with Crippen molar-refractivity contribution < 1.29 is 19.1 Å². The summed E-state index contributed by atoms with van der Waals surface area (Å²) >= 11 is 0. The second-order valence-electron chi connectivity index (χ2n) is 4.88. The van der Waals surface area contributed by atoms with E-state index in [9.17, 15) is 9.59 Å². The van der Waals surface area contributed by atoms with Crippen LogP contribution in [-0.2, 0) is 0 Å². The first-order chi connectivity index (χ1) is 8.68. The molecule has 1 aliphatic carbocycles. The molecule has 0 saturated heterocycles. The number of ketones is 1. The van der Waals surface area contributed by atoms with Crippen molar-refractivity contribution in [1.82, 2.24) is 0 Å². The van der Waals surface area contributed by atoms with E-state index in [-0.39, 0.29) is 23.2 Å². The van der Waals surface area contributed by atoms with Crippen LogP contribution in [-0.4, -0.2) is 16.9 Å². The van der Waals surface area contributed by atoms with Crippen molar-refractivity contribution >= 4 is 11.8 Å². The highest BCUT2D eigenvalue weighted by molar-refractivity contribution is 5.96. The molecule has 0 atom stereocenters. The summed E-state index contributed by atoms with van der Waals surface area (Å²) in [6.07, 6.45) is 7.55. The first-order valence-corrected chi connectivity index (χ1v) is 6.56. The highest BCUT2D eigenvalue weighted by atomic mass is 16.4. The molecule has 18 heavy (non-hydrogen) atoms. The molecule has 0 amide bonds. The van der Waals surface area contributed by atoms with Gasteiger partial charge in [0.15, 0.2) is 5.76 Å². The van der Waals surface area contributed by atoms with Crippen molar-refractivity contribution in [1.29, 1.82) is 0 Å². The van der Waals surface area contributed by atoms with Gasteiger partial charge in [0.2, 0.25) is 11.5 Å². The minimum atomic E-state index is -1.13. The van der Waals surface area contributed by atoms with Crippen molar-refractivity contribution in [3.05, 3.63) is 23.7 Å². The number of carboxylic acid groups (broad SMARTS) is 1. The lowest BCUT2D eigenvalue weighted by molar-refractivity contribution is 0.0658. The smallest absolute Gasteiger partial charge is 0.371 e. The van der Waals surface area contributed by atoms with Gasteiger partial charge in [-0.05, 0) is 25.0 Å². The van der Waals surface area contributed by atoms with Gasteiger partial charge in [-0.1, -0.05) is 32.1 Å².